The molecule has 0 bridgehead atoms. The molecule has 0 aliphatic heterocycles. The summed E-state index contributed by atoms with van der Waals surface area (Å²) in [6.07, 6.45) is 9.12. The molecule has 0 aromatic rings. The van der Waals surface area contributed by atoms with Gasteiger partial charge in [-0.15, -0.1) is 0 Å². The average Bonchev–Trinajstić information content (AvgIpc) is 2.82. The Bertz CT molecular complexity index is 227. The molecule has 0 radical (unpaired) electrons. The molecule has 1 saturated carbocycles. The first-order chi connectivity index (χ1) is 8.22. The lowest BCUT2D eigenvalue weighted by atomic mass is 9.85. The molecule has 0 aromatic carbocycles. The van der Waals surface area contributed by atoms with E-state index in [4.69, 9.17) is 5.73 Å². The number of nitrogens with two attached hydrogens (primary N) is 1. The molecule has 0 heterocycles. The van der Waals surface area contributed by atoms with Gasteiger partial charge in [-0.2, -0.15) is 0 Å². The van der Waals surface area contributed by atoms with Crippen molar-refractivity contribution in [2.45, 2.75) is 65.2 Å². The molecule has 0 spiro atoms. The first-order valence-corrected chi connectivity index (χ1v) is 7.45. The van der Waals surface area contributed by atoms with E-state index in [9.17, 15) is 4.79 Å². The average molecular weight is 239 g/mol. The van der Waals surface area contributed by atoms with E-state index in [2.05, 4.69) is 13.8 Å². The van der Waals surface area contributed by atoms with Crippen LogP contribution < -0.4 is 5.73 Å². The molecule has 2 nitrogen and oxygen atoms in total. The Kier molecular flexibility index (Phi) is 6.79. The van der Waals surface area contributed by atoms with E-state index in [1.807, 2.05) is 0 Å². The zero-order valence-corrected chi connectivity index (χ0v) is 11.6. The highest BCUT2D eigenvalue weighted by atomic mass is 16.1. The van der Waals surface area contributed by atoms with E-state index in [1.54, 1.807) is 0 Å². The zero-order valence-electron chi connectivity index (χ0n) is 11.6. The van der Waals surface area contributed by atoms with E-state index in [1.165, 1.54) is 32.1 Å². The van der Waals surface area contributed by atoms with Crippen LogP contribution in [0.2, 0.25) is 0 Å². The third kappa shape index (κ3) is 4.42. The molecule has 100 valence electrons. The van der Waals surface area contributed by atoms with Crippen LogP contribution in [0.15, 0.2) is 0 Å². The molecule has 1 aliphatic carbocycles. The van der Waals surface area contributed by atoms with Gasteiger partial charge in [-0.05, 0) is 31.2 Å². The maximum absolute atomic E-state index is 12.3. The fraction of sp³-hybridized carbons (Fsp3) is 0.933. The summed E-state index contributed by atoms with van der Waals surface area (Å²) in [4.78, 5) is 12.3. The summed E-state index contributed by atoms with van der Waals surface area (Å²) in [6.45, 7) is 5.13. The summed E-state index contributed by atoms with van der Waals surface area (Å²) in [6, 6.07) is 0. The van der Waals surface area contributed by atoms with Crippen molar-refractivity contribution >= 4 is 5.78 Å². The van der Waals surface area contributed by atoms with Crippen LogP contribution in [-0.2, 0) is 4.79 Å². The Hall–Kier alpha value is -0.370. The number of ketones is 1. The predicted molar refractivity (Wildman–Crippen MR) is 72.8 cm³/mol. The molecule has 17 heavy (non-hydrogen) atoms. The van der Waals surface area contributed by atoms with Gasteiger partial charge in [0.05, 0.1) is 0 Å². The van der Waals surface area contributed by atoms with Crippen LogP contribution in [0.25, 0.3) is 0 Å². The third-order valence-corrected chi connectivity index (χ3v) is 4.41. The van der Waals surface area contributed by atoms with Gasteiger partial charge in [-0.25, -0.2) is 0 Å². The molecule has 1 fully saturated rings. The lowest BCUT2D eigenvalue weighted by molar-refractivity contribution is -0.124. The van der Waals surface area contributed by atoms with Crippen molar-refractivity contribution in [2.24, 2.45) is 23.5 Å². The van der Waals surface area contributed by atoms with Crippen molar-refractivity contribution in [2.75, 3.05) is 6.54 Å². The second kappa shape index (κ2) is 7.86. The quantitative estimate of drug-likeness (QED) is 0.704. The van der Waals surface area contributed by atoms with Crippen molar-refractivity contribution in [1.29, 1.82) is 0 Å². The van der Waals surface area contributed by atoms with Gasteiger partial charge in [0.25, 0.3) is 0 Å². The molecule has 3 atom stereocenters. The highest BCUT2D eigenvalue weighted by Crippen LogP contribution is 2.33. The lowest BCUT2D eigenvalue weighted by Crippen LogP contribution is -2.26. The van der Waals surface area contributed by atoms with Gasteiger partial charge in [-0.1, -0.05) is 46.0 Å². The minimum atomic E-state index is 0.288. The summed E-state index contributed by atoms with van der Waals surface area (Å²) in [5.74, 6) is 1.88. The van der Waals surface area contributed by atoms with Gasteiger partial charge in [0.2, 0.25) is 0 Å². The summed E-state index contributed by atoms with van der Waals surface area (Å²) in [7, 11) is 0. The minimum Gasteiger partial charge on any atom is -0.330 e. The van der Waals surface area contributed by atoms with Crippen molar-refractivity contribution in [3.63, 3.8) is 0 Å². The predicted octanol–water partition coefficient (Wildman–Crippen LogP) is 3.54. The first kappa shape index (κ1) is 14.7. The van der Waals surface area contributed by atoms with Gasteiger partial charge in [0, 0.05) is 12.3 Å². The number of hydrogen-bond donors (Lipinski definition) is 1. The Morgan fingerprint density at radius 1 is 1.35 bits per heavy atom. The molecule has 0 aromatic heterocycles. The SMILES string of the molecule is CCCCC(CC)CC(=O)C1CCCC1CN. The van der Waals surface area contributed by atoms with Crippen LogP contribution in [0.4, 0.5) is 0 Å². The van der Waals surface area contributed by atoms with Crippen molar-refractivity contribution in [1.82, 2.24) is 0 Å². The standard InChI is InChI=1S/C15H29NO/c1-3-5-7-12(4-2)10-15(17)14-9-6-8-13(14)11-16/h12-14H,3-11,16H2,1-2H3. The molecule has 0 saturated heterocycles. The van der Waals surface area contributed by atoms with Crippen LogP contribution in [0.3, 0.4) is 0 Å². The van der Waals surface area contributed by atoms with Crippen LogP contribution in [-0.4, -0.2) is 12.3 Å². The molecular formula is C15H29NO. The smallest absolute Gasteiger partial charge is 0.136 e. The fourth-order valence-electron chi connectivity index (χ4n) is 3.12. The largest absolute Gasteiger partial charge is 0.330 e. The number of carbonyl (C=O) groups is 1. The summed E-state index contributed by atoms with van der Waals surface area (Å²) >= 11 is 0. The third-order valence-electron chi connectivity index (χ3n) is 4.41. The molecule has 3 unspecified atom stereocenters. The summed E-state index contributed by atoms with van der Waals surface area (Å²) in [5.41, 5.74) is 5.75. The molecule has 1 aliphatic rings. The number of rotatable bonds is 8. The Morgan fingerprint density at radius 2 is 2.12 bits per heavy atom. The van der Waals surface area contributed by atoms with Gasteiger partial charge in [0.15, 0.2) is 0 Å². The van der Waals surface area contributed by atoms with Gasteiger partial charge >= 0.3 is 0 Å². The molecule has 1 rings (SSSR count). The van der Waals surface area contributed by atoms with E-state index in [-0.39, 0.29) is 5.92 Å². The van der Waals surface area contributed by atoms with Crippen molar-refractivity contribution < 1.29 is 4.79 Å². The van der Waals surface area contributed by atoms with Crippen LogP contribution in [0.5, 0.6) is 0 Å². The molecular weight excluding hydrogens is 210 g/mol. The van der Waals surface area contributed by atoms with E-state index >= 15 is 0 Å². The zero-order chi connectivity index (χ0) is 12.7. The van der Waals surface area contributed by atoms with Crippen molar-refractivity contribution in [3.8, 4) is 0 Å². The van der Waals surface area contributed by atoms with Crippen LogP contribution >= 0.6 is 0 Å². The van der Waals surface area contributed by atoms with Gasteiger partial charge in [-0.3, -0.25) is 4.79 Å². The Labute approximate surface area is 106 Å². The van der Waals surface area contributed by atoms with E-state index in [0.29, 0.717) is 24.2 Å². The molecule has 0 amide bonds. The number of Topliss-reactive ketones (excluding diaryl/α,β-unsaturated/α-hetero) is 1. The topological polar surface area (TPSA) is 43.1 Å². The van der Waals surface area contributed by atoms with Crippen LogP contribution in [0.1, 0.15) is 65.2 Å². The Balaban J connectivity index is 2.40. The maximum Gasteiger partial charge on any atom is 0.136 e. The maximum atomic E-state index is 12.3. The minimum absolute atomic E-state index is 0.288. The second-order valence-electron chi connectivity index (χ2n) is 5.62. The monoisotopic (exact) mass is 239 g/mol. The molecule has 2 N–H and O–H groups in total. The first-order valence-electron chi connectivity index (χ1n) is 7.45. The highest BCUT2D eigenvalue weighted by Gasteiger charge is 2.32. The second-order valence-corrected chi connectivity index (χ2v) is 5.62. The summed E-state index contributed by atoms with van der Waals surface area (Å²) in [5, 5.41) is 0. The van der Waals surface area contributed by atoms with E-state index in [0.717, 1.165) is 19.3 Å². The fourth-order valence-corrected chi connectivity index (χ4v) is 3.12. The molecule has 2 heteroatoms. The van der Waals surface area contributed by atoms with Crippen LogP contribution in [0, 0.1) is 17.8 Å². The number of carbonyl (C=O) groups excluding carboxylic acids is 1. The normalized spacial score (nSPS) is 26.1. The van der Waals surface area contributed by atoms with Gasteiger partial charge in [0.1, 0.15) is 5.78 Å². The number of hydrogen-bond acceptors (Lipinski definition) is 2. The van der Waals surface area contributed by atoms with Crippen molar-refractivity contribution in [3.05, 3.63) is 0 Å². The number of unbranched alkanes of at least 4 members (excludes halogenated alkanes) is 1. The summed E-state index contributed by atoms with van der Waals surface area (Å²) < 4.78 is 0. The Morgan fingerprint density at radius 3 is 2.71 bits per heavy atom. The van der Waals surface area contributed by atoms with E-state index < -0.39 is 0 Å². The lowest BCUT2D eigenvalue weighted by Gasteiger charge is -2.20. The van der Waals surface area contributed by atoms with Gasteiger partial charge < -0.3 is 5.73 Å². The highest BCUT2D eigenvalue weighted by molar-refractivity contribution is 5.81.